The molecule has 0 bridgehead atoms. The summed E-state index contributed by atoms with van der Waals surface area (Å²) < 4.78 is 10.2. The highest BCUT2D eigenvalue weighted by atomic mass is 35.5. The lowest BCUT2D eigenvalue weighted by molar-refractivity contribution is -0.139. The summed E-state index contributed by atoms with van der Waals surface area (Å²) in [5.41, 5.74) is 1.11. The molecule has 1 aliphatic heterocycles. The average molecular weight is 405 g/mol. The molecule has 0 saturated heterocycles. The minimum Gasteiger partial charge on any atom is -0.465 e. The highest BCUT2D eigenvalue weighted by molar-refractivity contribution is 8.14. The third kappa shape index (κ3) is 5.02. The lowest BCUT2D eigenvalue weighted by Gasteiger charge is -2.17. The van der Waals surface area contributed by atoms with E-state index in [-0.39, 0.29) is 23.3 Å². The first-order valence-electron chi connectivity index (χ1n) is 8.25. The van der Waals surface area contributed by atoms with Crippen LogP contribution < -0.4 is 0 Å². The zero-order valence-electron chi connectivity index (χ0n) is 14.6. The second kappa shape index (κ2) is 8.92. The van der Waals surface area contributed by atoms with E-state index in [1.807, 2.05) is 12.1 Å². The molecule has 1 aromatic carbocycles. The molecule has 0 spiro atoms. The van der Waals surface area contributed by atoms with E-state index < -0.39 is 0 Å². The van der Waals surface area contributed by atoms with Crippen molar-refractivity contribution in [3.8, 4) is 0 Å². The van der Waals surface area contributed by atoms with Crippen molar-refractivity contribution >= 4 is 46.5 Å². The van der Waals surface area contributed by atoms with E-state index in [4.69, 9.17) is 20.8 Å². The summed E-state index contributed by atoms with van der Waals surface area (Å²) >= 11 is 7.20. The SMILES string of the molecule is CCOC(=O)CSC1=N/C(=C\c2ccco2)C(=O)N1Cc1cccc(Cl)c1. The number of amidine groups is 1. The first kappa shape index (κ1) is 19.3. The Bertz CT molecular complexity index is 893. The number of carbonyl (C=O) groups is 2. The number of rotatable bonds is 6. The third-order valence-electron chi connectivity index (χ3n) is 3.59. The predicted octanol–water partition coefficient (Wildman–Crippen LogP) is 3.97. The van der Waals surface area contributed by atoms with Crippen LogP contribution in [0, 0.1) is 0 Å². The summed E-state index contributed by atoms with van der Waals surface area (Å²) in [6.07, 6.45) is 3.10. The zero-order valence-corrected chi connectivity index (χ0v) is 16.1. The number of benzene rings is 1. The summed E-state index contributed by atoms with van der Waals surface area (Å²) in [6.45, 7) is 2.35. The molecule has 0 unspecified atom stereocenters. The highest BCUT2D eigenvalue weighted by Gasteiger charge is 2.31. The van der Waals surface area contributed by atoms with Gasteiger partial charge in [0.2, 0.25) is 0 Å². The van der Waals surface area contributed by atoms with Gasteiger partial charge in [0.15, 0.2) is 5.17 Å². The molecule has 0 radical (unpaired) electrons. The van der Waals surface area contributed by atoms with Gasteiger partial charge < -0.3 is 9.15 Å². The van der Waals surface area contributed by atoms with Gasteiger partial charge in [0.1, 0.15) is 11.5 Å². The van der Waals surface area contributed by atoms with Crippen LogP contribution >= 0.6 is 23.4 Å². The Hall–Kier alpha value is -2.51. The van der Waals surface area contributed by atoms with Crippen molar-refractivity contribution in [3.63, 3.8) is 0 Å². The van der Waals surface area contributed by atoms with Gasteiger partial charge in [-0.05, 0) is 36.8 Å². The molecule has 1 aromatic heterocycles. The van der Waals surface area contributed by atoms with Crippen LogP contribution in [0.5, 0.6) is 0 Å². The van der Waals surface area contributed by atoms with Gasteiger partial charge in [0.25, 0.3) is 5.91 Å². The molecule has 6 nitrogen and oxygen atoms in total. The zero-order chi connectivity index (χ0) is 19.2. The number of hydrogen-bond donors (Lipinski definition) is 0. The summed E-state index contributed by atoms with van der Waals surface area (Å²) in [5, 5.41) is 1.02. The first-order chi connectivity index (χ1) is 13.1. The molecular weight excluding hydrogens is 388 g/mol. The Morgan fingerprint density at radius 1 is 1.37 bits per heavy atom. The number of nitrogens with zero attached hydrogens (tertiary/aromatic N) is 2. The number of hydrogen-bond acceptors (Lipinski definition) is 6. The first-order valence-corrected chi connectivity index (χ1v) is 9.62. The largest absolute Gasteiger partial charge is 0.465 e. The van der Waals surface area contributed by atoms with E-state index in [1.165, 1.54) is 11.2 Å². The molecule has 0 fully saturated rings. The van der Waals surface area contributed by atoms with Crippen molar-refractivity contribution in [2.45, 2.75) is 13.5 Å². The fourth-order valence-electron chi connectivity index (χ4n) is 2.43. The van der Waals surface area contributed by atoms with E-state index in [1.54, 1.807) is 37.3 Å². The second-order valence-corrected chi connectivity index (χ2v) is 6.93. The van der Waals surface area contributed by atoms with Crippen molar-refractivity contribution in [3.05, 3.63) is 64.7 Å². The van der Waals surface area contributed by atoms with Gasteiger partial charge in [-0.2, -0.15) is 0 Å². The Morgan fingerprint density at radius 2 is 2.22 bits per heavy atom. The van der Waals surface area contributed by atoms with Crippen molar-refractivity contribution < 1.29 is 18.7 Å². The number of halogens is 1. The number of carbonyl (C=O) groups excluding carboxylic acids is 2. The van der Waals surface area contributed by atoms with Crippen LogP contribution in [0.3, 0.4) is 0 Å². The molecule has 8 heteroatoms. The number of esters is 1. The average Bonchev–Trinajstić information content (AvgIpc) is 3.24. The van der Waals surface area contributed by atoms with Gasteiger partial charge in [-0.1, -0.05) is 35.5 Å². The molecule has 1 aliphatic rings. The fraction of sp³-hybridized carbons (Fsp3) is 0.211. The van der Waals surface area contributed by atoms with E-state index in [2.05, 4.69) is 4.99 Å². The second-order valence-electron chi connectivity index (χ2n) is 5.55. The molecular formula is C19H17ClN2O4S. The number of thioether (sulfide) groups is 1. The molecule has 0 atom stereocenters. The molecule has 3 rings (SSSR count). The minimum atomic E-state index is -0.358. The van der Waals surface area contributed by atoms with Crippen molar-refractivity contribution in [2.24, 2.45) is 4.99 Å². The van der Waals surface area contributed by atoms with Crippen LogP contribution in [-0.2, 0) is 20.9 Å². The number of ether oxygens (including phenoxy) is 1. The molecule has 0 saturated carbocycles. The Balaban J connectivity index is 1.83. The van der Waals surface area contributed by atoms with Crippen LogP contribution in [0.1, 0.15) is 18.2 Å². The van der Waals surface area contributed by atoms with Crippen LogP contribution in [0.4, 0.5) is 0 Å². The predicted molar refractivity (Wildman–Crippen MR) is 105 cm³/mol. The molecule has 140 valence electrons. The standard InChI is InChI=1S/C19H17ClN2O4S/c1-2-25-17(23)12-27-19-21-16(10-15-7-4-8-26-15)18(24)22(19)11-13-5-3-6-14(20)9-13/h3-10H,2,11-12H2,1H3/b16-10-. The van der Waals surface area contributed by atoms with Crippen LogP contribution in [0.2, 0.25) is 5.02 Å². The monoisotopic (exact) mass is 404 g/mol. The van der Waals surface area contributed by atoms with Crippen molar-refractivity contribution in [1.82, 2.24) is 4.90 Å². The maximum Gasteiger partial charge on any atom is 0.316 e. The Morgan fingerprint density at radius 3 is 2.93 bits per heavy atom. The van der Waals surface area contributed by atoms with Crippen molar-refractivity contribution in [2.75, 3.05) is 12.4 Å². The summed E-state index contributed by atoms with van der Waals surface area (Å²) in [6, 6.07) is 10.7. The summed E-state index contributed by atoms with van der Waals surface area (Å²) in [7, 11) is 0. The quantitative estimate of drug-likeness (QED) is 0.538. The third-order valence-corrected chi connectivity index (χ3v) is 4.77. The Labute approximate surface area is 165 Å². The van der Waals surface area contributed by atoms with Gasteiger partial charge in [0, 0.05) is 11.1 Å². The molecule has 0 N–H and O–H groups in total. The summed E-state index contributed by atoms with van der Waals surface area (Å²) in [4.78, 5) is 30.4. The van der Waals surface area contributed by atoms with Gasteiger partial charge >= 0.3 is 5.97 Å². The maximum atomic E-state index is 12.8. The molecule has 2 heterocycles. The fourth-order valence-corrected chi connectivity index (χ4v) is 3.44. The maximum absolute atomic E-state index is 12.8. The number of aliphatic imine (C=N–C) groups is 1. The molecule has 2 aromatic rings. The lowest BCUT2D eigenvalue weighted by atomic mass is 10.2. The molecule has 0 aliphatic carbocycles. The van der Waals surface area contributed by atoms with E-state index >= 15 is 0 Å². The topological polar surface area (TPSA) is 72.1 Å². The van der Waals surface area contributed by atoms with Gasteiger partial charge in [-0.15, -0.1) is 0 Å². The number of amides is 1. The highest BCUT2D eigenvalue weighted by Crippen LogP contribution is 2.26. The van der Waals surface area contributed by atoms with Gasteiger partial charge in [-0.25, -0.2) is 4.99 Å². The van der Waals surface area contributed by atoms with Crippen LogP contribution in [-0.4, -0.2) is 34.3 Å². The minimum absolute atomic E-state index is 0.0695. The van der Waals surface area contributed by atoms with E-state index in [0.717, 1.165) is 17.3 Å². The summed E-state index contributed by atoms with van der Waals surface area (Å²) in [5.74, 6) is -0.0250. The van der Waals surface area contributed by atoms with E-state index in [9.17, 15) is 9.59 Å². The molecule has 27 heavy (non-hydrogen) atoms. The normalized spacial score (nSPS) is 15.3. The number of furan rings is 1. The van der Waals surface area contributed by atoms with Gasteiger partial charge in [-0.3, -0.25) is 14.5 Å². The smallest absolute Gasteiger partial charge is 0.316 e. The van der Waals surface area contributed by atoms with Crippen molar-refractivity contribution in [1.29, 1.82) is 0 Å². The Kier molecular flexibility index (Phi) is 6.36. The lowest BCUT2D eigenvalue weighted by Crippen LogP contribution is -2.30. The van der Waals surface area contributed by atoms with E-state index in [0.29, 0.717) is 29.1 Å². The van der Waals surface area contributed by atoms with Crippen LogP contribution in [0.15, 0.2) is 57.8 Å². The van der Waals surface area contributed by atoms with Gasteiger partial charge in [0.05, 0.1) is 25.2 Å². The van der Waals surface area contributed by atoms with Crippen LogP contribution in [0.25, 0.3) is 6.08 Å². The molecule has 1 amide bonds.